The SMILES string of the molecule is CN(CCN1CCNC(=O)C1=O)C(=O)O. The van der Waals surface area contributed by atoms with Crippen LogP contribution >= 0.6 is 0 Å². The Hall–Kier alpha value is -1.79. The Morgan fingerprint density at radius 3 is 2.87 bits per heavy atom. The Morgan fingerprint density at radius 1 is 1.60 bits per heavy atom. The molecule has 1 rings (SSSR count). The maximum atomic E-state index is 11.3. The largest absolute Gasteiger partial charge is 0.465 e. The van der Waals surface area contributed by atoms with Gasteiger partial charge in [-0.15, -0.1) is 0 Å². The van der Waals surface area contributed by atoms with E-state index in [1.54, 1.807) is 0 Å². The second-order valence-corrected chi connectivity index (χ2v) is 3.25. The van der Waals surface area contributed by atoms with Crippen LogP contribution in [0.5, 0.6) is 0 Å². The van der Waals surface area contributed by atoms with Gasteiger partial charge in [-0.05, 0) is 0 Å². The third-order valence-electron chi connectivity index (χ3n) is 2.18. The topological polar surface area (TPSA) is 90.0 Å². The number of amides is 3. The van der Waals surface area contributed by atoms with Gasteiger partial charge >= 0.3 is 17.9 Å². The standard InChI is InChI=1S/C8H13N3O4/c1-10(8(14)15)4-5-11-3-2-9-6(12)7(11)13/h2-5H2,1H3,(H,9,12)(H,14,15). The van der Waals surface area contributed by atoms with Crippen molar-refractivity contribution in [3.8, 4) is 0 Å². The molecule has 1 heterocycles. The first kappa shape index (κ1) is 11.3. The first-order chi connectivity index (χ1) is 7.02. The first-order valence-electron chi connectivity index (χ1n) is 4.53. The summed E-state index contributed by atoms with van der Waals surface area (Å²) in [5.74, 6) is -1.22. The van der Waals surface area contributed by atoms with Gasteiger partial charge in [0, 0.05) is 33.2 Å². The predicted octanol–water partition coefficient (Wildman–Crippen LogP) is -1.45. The van der Waals surface area contributed by atoms with Crippen molar-refractivity contribution in [2.45, 2.75) is 0 Å². The zero-order chi connectivity index (χ0) is 11.4. The van der Waals surface area contributed by atoms with Gasteiger partial charge in [0.2, 0.25) is 0 Å². The summed E-state index contributed by atoms with van der Waals surface area (Å²) in [4.78, 5) is 35.1. The van der Waals surface area contributed by atoms with E-state index in [4.69, 9.17) is 5.11 Å². The van der Waals surface area contributed by atoms with E-state index in [1.807, 2.05) is 0 Å². The maximum Gasteiger partial charge on any atom is 0.407 e. The molecule has 0 saturated carbocycles. The molecule has 0 aromatic heterocycles. The van der Waals surface area contributed by atoms with Gasteiger partial charge in [0.25, 0.3) is 0 Å². The lowest BCUT2D eigenvalue weighted by Crippen LogP contribution is -2.53. The fourth-order valence-corrected chi connectivity index (χ4v) is 1.20. The number of likely N-dealkylation sites (N-methyl/N-ethyl adjacent to an activating group) is 1. The molecule has 0 radical (unpaired) electrons. The van der Waals surface area contributed by atoms with Crippen molar-refractivity contribution in [3.05, 3.63) is 0 Å². The average molecular weight is 215 g/mol. The number of carbonyl (C=O) groups is 3. The highest BCUT2D eigenvalue weighted by molar-refractivity contribution is 6.35. The number of nitrogens with zero attached hydrogens (tertiary/aromatic N) is 2. The molecule has 0 aliphatic carbocycles. The fourth-order valence-electron chi connectivity index (χ4n) is 1.20. The molecule has 0 aromatic carbocycles. The van der Waals surface area contributed by atoms with Crippen molar-refractivity contribution >= 4 is 17.9 Å². The van der Waals surface area contributed by atoms with Gasteiger partial charge in [0.05, 0.1) is 0 Å². The molecule has 15 heavy (non-hydrogen) atoms. The Bertz CT molecular complexity index is 292. The summed E-state index contributed by atoms with van der Waals surface area (Å²) in [6, 6.07) is 0. The minimum absolute atomic E-state index is 0.203. The number of nitrogens with one attached hydrogen (secondary N) is 1. The lowest BCUT2D eigenvalue weighted by molar-refractivity contribution is -0.148. The molecule has 0 bridgehead atoms. The monoisotopic (exact) mass is 215 g/mol. The Kier molecular flexibility index (Phi) is 3.48. The van der Waals surface area contributed by atoms with Crippen LogP contribution in [0.2, 0.25) is 0 Å². The minimum Gasteiger partial charge on any atom is -0.465 e. The van der Waals surface area contributed by atoms with Crippen molar-refractivity contribution < 1.29 is 19.5 Å². The van der Waals surface area contributed by atoms with Crippen LogP contribution < -0.4 is 5.32 Å². The van der Waals surface area contributed by atoms with Gasteiger partial charge in [-0.25, -0.2) is 4.79 Å². The number of piperazine rings is 1. The van der Waals surface area contributed by atoms with Gasteiger partial charge in [0.1, 0.15) is 0 Å². The number of carboxylic acid groups (broad SMARTS) is 1. The van der Waals surface area contributed by atoms with E-state index < -0.39 is 17.9 Å². The number of hydrogen-bond acceptors (Lipinski definition) is 3. The average Bonchev–Trinajstić information content (AvgIpc) is 2.19. The molecule has 0 spiro atoms. The van der Waals surface area contributed by atoms with E-state index in [0.717, 1.165) is 4.90 Å². The fraction of sp³-hybridized carbons (Fsp3) is 0.625. The Balaban J connectivity index is 2.41. The molecule has 1 fully saturated rings. The molecule has 1 saturated heterocycles. The van der Waals surface area contributed by atoms with Crippen molar-refractivity contribution in [1.82, 2.24) is 15.1 Å². The van der Waals surface area contributed by atoms with E-state index in [0.29, 0.717) is 13.1 Å². The van der Waals surface area contributed by atoms with E-state index in [1.165, 1.54) is 11.9 Å². The predicted molar refractivity (Wildman–Crippen MR) is 50.2 cm³/mol. The zero-order valence-electron chi connectivity index (χ0n) is 8.39. The van der Waals surface area contributed by atoms with Crippen LogP contribution in [0, 0.1) is 0 Å². The van der Waals surface area contributed by atoms with Crippen LogP contribution in [-0.4, -0.2) is 66.0 Å². The molecule has 2 N–H and O–H groups in total. The Labute approximate surface area is 86.6 Å². The van der Waals surface area contributed by atoms with Gasteiger partial charge in [-0.1, -0.05) is 0 Å². The molecule has 1 aliphatic heterocycles. The van der Waals surface area contributed by atoms with Crippen molar-refractivity contribution in [1.29, 1.82) is 0 Å². The second-order valence-electron chi connectivity index (χ2n) is 3.25. The smallest absolute Gasteiger partial charge is 0.407 e. The number of rotatable bonds is 3. The van der Waals surface area contributed by atoms with Crippen LogP contribution in [0.3, 0.4) is 0 Å². The summed E-state index contributed by atoms with van der Waals surface area (Å²) in [5, 5.41) is 11.0. The van der Waals surface area contributed by atoms with E-state index in [9.17, 15) is 14.4 Å². The molecule has 84 valence electrons. The highest BCUT2D eigenvalue weighted by Crippen LogP contribution is 1.96. The molecule has 0 atom stereocenters. The van der Waals surface area contributed by atoms with Crippen LogP contribution in [0.25, 0.3) is 0 Å². The highest BCUT2D eigenvalue weighted by atomic mass is 16.4. The molecule has 1 aliphatic rings. The van der Waals surface area contributed by atoms with Gasteiger partial charge in [-0.3, -0.25) is 9.59 Å². The molecular weight excluding hydrogens is 202 g/mol. The second kappa shape index (κ2) is 4.63. The third-order valence-corrected chi connectivity index (χ3v) is 2.18. The maximum absolute atomic E-state index is 11.3. The molecule has 7 heteroatoms. The van der Waals surface area contributed by atoms with Crippen LogP contribution in [-0.2, 0) is 9.59 Å². The normalized spacial score (nSPS) is 16.2. The van der Waals surface area contributed by atoms with Crippen molar-refractivity contribution in [2.75, 3.05) is 33.2 Å². The van der Waals surface area contributed by atoms with E-state index in [2.05, 4.69) is 5.32 Å². The first-order valence-corrected chi connectivity index (χ1v) is 4.53. The number of hydrogen-bond donors (Lipinski definition) is 2. The van der Waals surface area contributed by atoms with Crippen molar-refractivity contribution in [3.63, 3.8) is 0 Å². The van der Waals surface area contributed by atoms with Crippen LogP contribution in [0.1, 0.15) is 0 Å². The number of carbonyl (C=O) groups excluding carboxylic acids is 2. The molecule has 0 aromatic rings. The molecule has 7 nitrogen and oxygen atoms in total. The molecule has 3 amide bonds. The van der Waals surface area contributed by atoms with Gasteiger partial charge < -0.3 is 20.2 Å². The van der Waals surface area contributed by atoms with Gasteiger partial charge in [-0.2, -0.15) is 0 Å². The molecular formula is C8H13N3O4. The van der Waals surface area contributed by atoms with Crippen LogP contribution in [0.4, 0.5) is 4.79 Å². The summed E-state index contributed by atoms with van der Waals surface area (Å²) in [7, 11) is 1.41. The summed E-state index contributed by atoms with van der Waals surface area (Å²) < 4.78 is 0. The van der Waals surface area contributed by atoms with Crippen molar-refractivity contribution in [2.24, 2.45) is 0 Å². The van der Waals surface area contributed by atoms with E-state index in [-0.39, 0.29) is 13.1 Å². The third kappa shape index (κ3) is 2.83. The summed E-state index contributed by atoms with van der Waals surface area (Å²) in [5.41, 5.74) is 0. The zero-order valence-corrected chi connectivity index (χ0v) is 8.39. The quantitative estimate of drug-likeness (QED) is 0.564. The summed E-state index contributed by atoms with van der Waals surface area (Å²) >= 11 is 0. The lowest BCUT2D eigenvalue weighted by Gasteiger charge is -2.27. The Morgan fingerprint density at radius 2 is 2.27 bits per heavy atom. The highest BCUT2D eigenvalue weighted by Gasteiger charge is 2.25. The van der Waals surface area contributed by atoms with E-state index >= 15 is 0 Å². The molecule has 0 unspecified atom stereocenters. The lowest BCUT2D eigenvalue weighted by atomic mass is 10.3. The summed E-state index contributed by atoms with van der Waals surface area (Å²) in [6.45, 7) is 1.29. The van der Waals surface area contributed by atoms with Gasteiger partial charge in [0.15, 0.2) is 0 Å². The van der Waals surface area contributed by atoms with Crippen LogP contribution in [0.15, 0.2) is 0 Å². The minimum atomic E-state index is -1.05. The summed E-state index contributed by atoms with van der Waals surface area (Å²) in [6.07, 6.45) is -1.05.